The van der Waals surface area contributed by atoms with Crippen LogP contribution in [0.2, 0.25) is 0 Å². The van der Waals surface area contributed by atoms with Gasteiger partial charge in [-0.05, 0) is 126 Å². The minimum absolute atomic E-state index is 0.0919. The normalized spacial score (nSPS) is 11.5. The van der Waals surface area contributed by atoms with Crippen molar-refractivity contribution in [1.82, 2.24) is 4.57 Å². The lowest BCUT2D eigenvalue weighted by Gasteiger charge is -2.29. The average molecular weight is 961 g/mol. The molecule has 0 saturated carbocycles. The molecule has 11 aromatic rings. The van der Waals surface area contributed by atoms with Crippen molar-refractivity contribution in [2.24, 2.45) is 0 Å². The number of aromatic nitrogens is 1. The van der Waals surface area contributed by atoms with Gasteiger partial charge in [0.25, 0.3) is 0 Å². The molecule has 0 aliphatic heterocycles. The molecule has 10 aromatic carbocycles. The molecule has 0 aliphatic rings. The third-order valence-electron chi connectivity index (χ3n) is 12.7. The SMILES string of the molecule is Fc1c(F)c(C(F)(F)F)c(F)c(F)c1-n1c2ccccc2c2ccc(N(c3ccccc3)c3ccc(N(c4ccc(-c5ccccc5)cc4)c4ccc(N(c5ccccc5)c5ccccc5)cc4)cc3)cc21. The zero-order valence-electron chi connectivity index (χ0n) is 38.0. The summed E-state index contributed by atoms with van der Waals surface area (Å²) in [5, 5.41) is 0.889. The monoisotopic (exact) mass is 960 g/mol. The van der Waals surface area contributed by atoms with E-state index in [4.69, 9.17) is 0 Å². The number of nitrogens with zero attached hydrogens (tertiary/aromatic N) is 4. The first-order valence-corrected chi connectivity index (χ1v) is 22.9. The molecule has 4 nitrogen and oxygen atoms in total. The van der Waals surface area contributed by atoms with E-state index in [0.717, 1.165) is 49.8 Å². The van der Waals surface area contributed by atoms with E-state index in [1.807, 2.05) is 114 Å². The standard InChI is InChI=1S/C61H39F7N4/c62-56-55(61(66,67)68)57(63)59(65)60(58(56)64)72-53-24-14-13-23-51(53)52-38-37-50(39-54(52)72)71(44-21-11-4-12-22-44)49-35-33-48(34-36-49)70(45-27-25-41(26-28-45)40-15-5-1-6-16-40)47-31-29-46(30-32-47)69(42-17-7-2-8-18-42)43-19-9-3-10-20-43/h1-39H. The molecule has 0 radical (unpaired) electrons. The smallest absolute Gasteiger partial charge is 0.311 e. The van der Waals surface area contributed by atoms with E-state index in [9.17, 15) is 13.2 Å². The Kier molecular flexibility index (Phi) is 11.8. The molecule has 11 rings (SSSR count). The van der Waals surface area contributed by atoms with Crippen molar-refractivity contribution < 1.29 is 30.7 Å². The van der Waals surface area contributed by atoms with Crippen LogP contribution in [0.1, 0.15) is 5.56 Å². The van der Waals surface area contributed by atoms with Gasteiger partial charge < -0.3 is 19.3 Å². The van der Waals surface area contributed by atoms with E-state index in [0.29, 0.717) is 27.8 Å². The molecule has 0 N–H and O–H groups in total. The average Bonchev–Trinajstić information content (AvgIpc) is 3.73. The van der Waals surface area contributed by atoms with Crippen LogP contribution in [0.4, 0.5) is 81.9 Å². The van der Waals surface area contributed by atoms with E-state index in [1.165, 1.54) is 6.07 Å². The predicted molar refractivity (Wildman–Crippen MR) is 275 cm³/mol. The van der Waals surface area contributed by atoms with Crippen molar-refractivity contribution >= 4 is 73.0 Å². The highest BCUT2D eigenvalue weighted by Crippen LogP contribution is 2.45. The Hall–Kier alpha value is -9.09. The van der Waals surface area contributed by atoms with Crippen molar-refractivity contribution in [2.45, 2.75) is 6.18 Å². The van der Waals surface area contributed by atoms with Crippen molar-refractivity contribution in [3.05, 3.63) is 265 Å². The first-order chi connectivity index (χ1) is 35.0. The van der Waals surface area contributed by atoms with Crippen LogP contribution >= 0.6 is 0 Å². The molecule has 0 atom stereocenters. The lowest BCUT2D eigenvalue weighted by Crippen LogP contribution is -2.18. The van der Waals surface area contributed by atoms with Crippen molar-refractivity contribution in [3.8, 4) is 16.8 Å². The van der Waals surface area contributed by atoms with Gasteiger partial charge in [-0.15, -0.1) is 0 Å². The highest BCUT2D eigenvalue weighted by molar-refractivity contribution is 6.10. The van der Waals surface area contributed by atoms with E-state index in [1.54, 1.807) is 36.4 Å². The van der Waals surface area contributed by atoms with Crippen molar-refractivity contribution in [3.63, 3.8) is 0 Å². The number of anilines is 9. The van der Waals surface area contributed by atoms with E-state index in [-0.39, 0.29) is 11.0 Å². The fourth-order valence-electron chi connectivity index (χ4n) is 9.41. The molecule has 0 bridgehead atoms. The maximum atomic E-state index is 16.0. The Balaban J connectivity index is 1.03. The first kappa shape index (κ1) is 45.4. The third-order valence-corrected chi connectivity index (χ3v) is 12.7. The van der Waals surface area contributed by atoms with Gasteiger partial charge in [-0.2, -0.15) is 13.2 Å². The summed E-state index contributed by atoms with van der Waals surface area (Å²) in [5.74, 6) is -9.43. The van der Waals surface area contributed by atoms with E-state index in [2.05, 4.69) is 94.7 Å². The molecule has 352 valence electrons. The van der Waals surface area contributed by atoms with Gasteiger partial charge in [0.15, 0.2) is 23.3 Å². The molecule has 0 fully saturated rings. The number of halogens is 7. The molecule has 11 heteroatoms. The summed E-state index contributed by atoms with van der Waals surface area (Å²) in [6, 6.07) is 75.8. The predicted octanol–water partition coefficient (Wildman–Crippen LogP) is 18.4. The summed E-state index contributed by atoms with van der Waals surface area (Å²) < 4.78 is 105. The van der Waals surface area contributed by atoms with Crippen LogP contribution in [0.15, 0.2) is 237 Å². The highest BCUT2D eigenvalue weighted by atomic mass is 19.4. The molecule has 1 aromatic heterocycles. The van der Waals surface area contributed by atoms with Gasteiger partial charge in [0, 0.05) is 62.0 Å². The molecule has 0 amide bonds. The minimum atomic E-state index is -5.70. The molecular formula is C61H39F7N4. The molecule has 0 spiro atoms. The van der Waals surface area contributed by atoms with Crippen molar-refractivity contribution in [2.75, 3.05) is 14.7 Å². The Morgan fingerprint density at radius 2 is 0.611 bits per heavy atom. The van der Waals surface area contributed by atoms with Crippen LogP contribution in [-0.2, 0) is 6.18 Å². The van der Waals surface area contributed by atoms with Gasteiger partial charge in [-0.3, -0.25) is 0 Å². The fourth-order valence-corrected chi connectivity index (χ4v) is 9.41. The number of hydrogen-bond donors (Lipinski definition) is 0. The van der Waals surface area contributed by atoms with Crippen LogP contribution in [0.3, 0.4) is 0 Å². The van der Waals surface area contributed by atoms with Gasteiger partial charge in [0.2, 0.25) is 0 Å². The van der Waals surface area contributed by atoms with Gasteiger partial charge in [-0.25, -0.2) is 17.6 Å². The number of rotatable bonds is 11. The summed E-state index contributed by atoms with van der Waals surface area (Å²) in [5.41, 5.74) is 5.81. The summed E-state index contributed by atoms with van der Waals surface area (Å²) in [4.78, 5) is 6.25. The molecule has 1 heterocycles. The zero-order chi connectivity index (χ0) is 49.5. The van der Waals surface area contributed by atoms with Crippen LogP contribution in [0, 0.1) is 23.3 Å². The van der Waals surface area contributed by atoms with Crippen LogP contribution < -0.4 is 14.7 Å². The van der Waals surface area contributed by atoms with Gasteiger partial charge in [0.1, 0.15) is 11.3 Å². The lowest BCUT2D eigenvalue weighted by atomic mass is 10.0. The minimum Gasteiger partial charge on any atom is -0.311 e. The molecular weight excluding hydrogens is 922 g/mol. The fraction of sp³-hybridized carbons (Fsp3) is 0.0164. The molecule has 72 heavy (non-hydrogen) atoms. The van der Waals surface area contributed by atoms with Gasteiger partial charge in [-0.1, -0.05) is 121 Å². The van der Waals surface area contributed by atoms with Crippen molar-refractivity contribution in [1.29, 1.82) is 0 Å². The molecule has 0 unspecified atom stereocenters. The van der Waals surface area contributed by atoms with Crippen LogP contribution in [-0.4, -0.2) is 4.57 Å². The number of benzene rings is 10. The number of hydrogen-bond acceptors (Lipinski definition) is 3. The molecule has 0 aliphatic carbocycles. The maximum absolute atomic E-state index is 16.0. The zero-order valence-corrected chi connectivity index (χ0v) is 38.0. The maximum Gasteiger partial charge on any atom is 0.422 e. The van der Waals surface area contributed by atoms with E-state index >= 15 is 17.6 Å². The second-order valence-electron chi connectivity index (χ2n) is 17.0. The Bertz CT molecular complexity index is 3630. The Morgan fingerprint density at radius 1 is 0.292 bits per heavy atom. The number of para-hydroxylation sites is 4. The highest BCUT2D eigenvalue weighted by Gasteiger charge is 2.43. The topological polar surface area (TPSA) is 14.7 Å². The Morgan fingerprint density at radius 3 is 1.04 bits per heavy atom. The van der Waals surface area contributed by atoms with Gasteiger partial charge >= 0.3 is 6.18 Å². The van der Waals surface area contributed by atoms with E-state index < -0.39 is 40.7 Å². The summed E-state index contributed by atoms with van der Waals surface area (Å²) >= 11 is 0. The second-order valence-corrected chi connectivity index (χ2v) is 17.0. The number of fused-ring (bicyclic) bond motifs is 3. The Labute approximate surface area is 409 Å². The largest absolute Gasteiger partial charge is 0.422 e. The summed E-state index contributed by atoms with van der Waals surface area (Å²) in [6.45, 7) is 0. The first-order valence-electron chi connectivity index (χ1n) is 22.9. The van der Waals surface area contributed by atoms with Crippen LogP contribution in [0.25, 0.3) is 38.6 Å². The van der Waals surface area contributed by atoms with Crippen LogP contribution in [0.5, 0.6) is 0 Å². The summed E-state index contributed by atoms with van der Waals surface area (Å²) in [7, 11) is 0. The third kappa shape index (κ3) is 8.24. The van der Waals surface area contributed by atoms with Gasteiger partial charge in [0.05, 0.1) is 11.0 Å². The number of alkyl halides is 3. The quantitative estimate of drug-likeness (QED) is 0.0948. The molecule has 0 saturated heterocycles. The summed E-state index contributed by atoms with van der Waals surface area (Å²) in [6.07, 6.45) is -5.70. The second kappa shape index (κ2) is 18.7. The lowest BCUT2D eigenvalue weighted by molar-refractivity contribution is -0.143.